The molecule has 0 saturated heterocycles. The molecule has 1 N–H and O–H groups in total. The first-order chi connectivity index (χ1) is 9.24. The Morgan fingerprint density at radius 3 is 2.79 bits per heavy atom. The van der Waals surface area contributed by atoms with Gasteiger partial charge in [-0.3, -0.25) is 0 Å². The summed E-state index contributed by atoms with van der Waals surface area (Å²) < 4.78 is 5.25. The number of nitrogens with zero attached hydrogens (tertiary/aromatic N) is 2. The second kappa shape index (κ2) is 4.88. The number of nitrogens with one attached hydrogen (secondary N) is 1. The maximum Gasteiger partial charge on any atom is 0.130 e. The molecule has 1 aromatic carbocycles. The van der Waals surface area contributed by atoms with Crippen LogP contribution in [0.4, 0.5) is 5.82 Å². The predicted molar refractivity (Wildman–Crippen MR) is 75.4 cm³/mol. The molecule has 1 heterocycles. The lowest BCUT2D eigenvalue weighted by Gasteiger charge is -2.08. The highest BCUT2D eigenvalue weighted by atomic mass is 16.5. The van der Waals surface area contributed by atoms with Gasteiger partial charge in [0.2, 0.25) is 0 Å². The molecule has 0 spiro atoms. The average Bonchev–Trinajstić information content (AvgIpc) is 3.22. The summed E-state index contributed by atoms with van der Waals surface area (Å²) in [6, 6.07) is 10.5. The van der Waals surface area contributed by atoms with Crippen molar-refractivity contribution in [1.82, 2.24) is 9.97 Å². The number of hydrogen-bond acceptors (Lipinski definition) is 4. The topological polar surface area (TPSA) is 47.0 Å². The molecule has 1 saturated carbocycles. The average molecular weight is 255 g/mol. The Hall–Kier alpha value is -2.10. The quantitative estimate of drug-likeness (QED) is 0.912. The molecule has 4 nitrogen and oxygen atoms in total. The van der Waals surface area contributed by atoms with Gasteiger partial charge in [-0.15, -0.1) is 0 Å². The fourth-order valence-corrected chi connectivity index (χ4v) is 2.01. The van der Waals surface area contributed by atoms with E-state index in [1.807, 2.05) is 37.3 Å². The zero-order valence-corrected chi connectivity index (χ0v) is 11.2. The maximum absolute atomic E-state index is 5.25. The van der Waals surface area contributed by atoms with Crippen molar-refractivity contribution < 1.29 is 4.74 Å². The van der Waals surface area contributed by atoms with Crippen LogP contribution < -0.4 is 10.1 Å². The van der Waals surface area contributed by atoms with Crippen LogP contribution in [0.25, 0.3) is 11.3 Å². The molecule has 0 unspecified atom stereocenters. The molecule has 0 radical (unpaired) electrons. The van der Waals surface area contributed by atoms with E-state index in [0.29, 0.717) is 6.04 Å². The van der Waals surface area contributed by atoms with Gasteiger partial charge in [-0.2, -0.15) is 0 Å². The Balaban J connectivity index is 1.95. The fraction of sp³-hybridized carbons (Fsp3) is 0.333. The lowest BCUT2D eigenvalue weighted by molar-refractivity contribution is 0.415. The van der Waals surface area contributed by atoms with Crippen LogP contribution in [0.5, 0.6) is 5.75 Å². The molecule has 1 aromatic heterocycles. The summed E-state index contributed by atoms with van der Waals surface area (Å²) in [4.78, 5) is 8.93. The van der Waals surface area contributed by atoms with E-state index in [2.05, 4.69) is 15.3 Å². The lowest BCUT2D eigenvalue weighted by atomic mass is 10.1. The van der Waals surface area contributed by atoms with E-state index in [-0.39, 0.29) is 0 Å². The van der Waals surface area contributed by atoms with Gasteiger partial charge in [0, 0.05) is 17.7 Å². The predicted octanol–water partition coefficient (Wildman–Crippen LogP) is 3.03. The van der Waals surface area contributed by atoms with Crippen molar-refractivity contribution in [3.8, 4) is 17.0 Å². The largest absolute Gasteiger partial charge is 0.497 e. The minimum absolute atomic E-state index is 0.590. The highest BCUT2D eigenvalue weighted by Gasteiger charge is 2.21. The first kappa shape index (κ1) is 12.0. The first-order valence-corrected chi connectivity index (χ1v) is 6.51. The van der Waals surface area contributed by atoms with Crippen molar-refractivity contribution >= 4 is 5.82 Å². The van der Waals surface area contributed by atoms with Gasteiger partial charge in [0.05, 0.1) is 12.8 Å². The molecule has 0 aliphatic heterocycles. The number of methoxy groups -OCH3 is 1. The molecule has 1 fully saturated rings. The van der Waals surface area contributed by atoms with Gasteiger partial charge in [-0.1, -0.05) is 12.1 Å². The van der Waals surface area contributed by atoms with Gasteiger partial charge in [-0.25, -0.2) is 9.97 Å². The Morgan fingerprint density at radius 2 is 2.05 bits per heavy atom. The second-order valence-corrected chi connectivity index (χ2v) is 4.84. The summed E-state index contributed by atoms with van der Waals surface area (Å²) in [5, 5.41) is 3.41. The van der Waals surface area contributed by atoms with Crippen molar-refractivity contribution in [3.63, 3.8) is 0 Å². The smallest absolute Gasteiger partial charge is 0.130 e. The van der Waals surface area contributed by atoms with Crippen LogP contribution in [0.1, 0.15) is 18.7 Å². The van der Waals surface area contributed by atoms with Gasteiger partial charge in [0.1, 0.15) is 17.4 Å². The normalized spacial score (nSPS) is 14.2. The van der Waals surface area contributed by atoms with Crippen molar-refractivity contribution in [3.05, 3.63) is 36.2 Å². The molecule has 3 rings (SSSR count). The lowest BCUT2D eigenvalue weighted by Crippen LogP contribution is -2.05. The monoisotopic (exact) mass is 255 g/mol. The summed E-state index contributed by atoms with van der Waals surface area (Å²) in [5.74, 6) is 2.53. The summed E-state index contributed by atoms with van der Waals surface area (Å²) >= 11 is 0. The standard InChI is InChI=1S/C15H17N3O/c1-10-16-14(9-15(17-10)18-12-6-7-12)11-4-3-5-13(8-11)19-2/h3-5,8-9,12H,6-7H2,1-2H3,(H,16,17,18). The molecule has 0 bridgehead atoms. The number of aryl methyl sites for hydroxylation is 1. The van der Waals surface area contributed by atoms with E-state index in [9.17, 15) is 0 Å². The molecule has 1 aliphatic carbocycles. The van der Waals surface area contributed by atoms with E-state index < -0.39 is 0 Å². The fourth-order valence-electron chi connectivity index (χ4n) is 2.01. The van der Waals surface area contributed by atoms with E-state index in [0.717, 1.165) is 28.6 Å². The Labute approximate surface area is 112 Å². The van der Waals surface area contributed by atoms with Gasteiger partial charge in [-0.05, 0) is 31.9 Å². The molecular formula is C15H17N3O. The highest BCUT2D eigenvalue weighted by molar-refractivity contribution is 5.64. The van der Waals surface area contributed by atoms with Crippen LogP contribution in [-0.4, -0.2) is 23.1 Å². The third kappa shape index (κ3) is 2.84. The summed E-state index contributed by atoms with van der Waals surface area (Å²) in [6.45, 7) is 1.92. The van der Waals surface area contributed by atoms with Crippen molar-refractivity contribution in [2.24, 2.45) is 0 Å². The molecular weight excluding hydrogens is 238 g/mol. The Bertz CT molecular complexity index is 594. The molecule has 19 heavy (non-hydrogen) atoms. The third-order valence-corrected chi connectivity index (χ3v) is 3.13. The van der Waals surface area contributed by atoms with Gasteiger partial charge >= 0.3 is 0 Å². The SMILES string of the molecule is COc1cccc(-c2cc(NC3CC3)nc(C)n2)c1. The molecule has 1 aliphatic rings. The van der Waals surface area contributed by atoms with E-state index in [1.165, 1.54) is 12.8 Å². The number of rotatable bonds is 4. The zero-order chi connectivity index (χ0) is 13.2. The molecule has 2 aromatic rings. The molecule has 0 atom stereocenters. The van der Waals surface area contributed by atoms with E-state index in [1.54, 1.807) is 7.11 Å². The number of hydrogen-bond donors (Lipinski definition) is 1. The third-order valence-electron chi connectivity index (χ3n) is 3.13. The number of ether oxygens (including phenoxy) is 1. The Morgan fingerprint density at radius 1 is 1.21 bits per heavy atom. The minimum atomic E-state index is 0.590. The van der Waals surface area contributed by atoms with E-state index in [4.69, 9.17) is 4.74 Å². The van der Waals surface area contributed by atoms with Crippen LogP contribution in [0.2, 0.25) is 0 Å². The number of aromatic nitrogens is 2. The summed E-state index contributed by atoms with van der Waals surface area (Å²) in [5.41, 5.74) is 1.97. The number of benzene rings is 1. The molecule has 4 heteroatoms. The molecule has 0 amide bonds. The van der Waals surface area contributed by atoms with Crippen LogP contribution in [-0.2, 0) is 0 Å². The van der Waals surface area contributed by atoms with Gasteiger partial charge < -0.3 is 10.1 Å². The van der Waals surface area contributed by atoms with Crippen molar-refractivity contribution in [1.29, 1.82) is 0 Å². The van der Waals surface area contributed by atoms with Crippen LogP contribution in [0, 0.1) is 6.92 Å². The van der Waals surface area contributed by atoms with Gasteiger partial charge in [0.15, 0.2) is 0 Å². The van der Waals surface area contributed by atoms with Crippen molar-refractivity contribution in [2.45, 2.75) is 25.8 Å². The molecule has 98 valence electrons. The first-order valence-electron chi connectivity index (χ1n) is 6.51. The minimum Gasteiger partial charge on any atom is -0.497 e. The summed E-state index contributed by atoms with van der Waals surface area (Å²) in [6.07, 6.45) is 2.47. The Kier molecular flexibility index (Phi) is 3.07. The summed E-state index contributed by atoms with van der Waals surface area (Å²) in [7, 11) is 1.67. The van der Waals surface area contributed by atoms with Crippen molar-refractivity contribution in [2.75, 3.05) is 12.4 Å². The van der Waals surface area contributed by atoms with Crippen LogP contribution >= 0.6 is 0 Å². The van der Waals surface area contributed by atoms with Crippen LogP contribution in [0.3, 0.4) is 0 Å². The maximum atomic E-state index is 5.25. The van der Waals surface area contributed by atoms with Crippen LogP contribution in [0.15, 0.2) is 30.3 Å². The zero-order valence-electron chi connectivity index (χ0n) is 11.2. The number of anilines is 1. The highest BCUT2D eigenvalue weighted by Crippen LogP contribution is 2.27. The van der Waals surface area contributed by atoms with E-state index >= 15 is 0 Å². The van der Waals surface area contributed by atoms with Gasteiger partial charge in [0.25, 0.3) is 0 Å². The second-order valence-electron chi connectivity index (χ2n) is 4.84.